The molecule has 1 aliphatic rings. The average molecular weight is 580 g/mol. The van der Waals surface area contributed by atoms with Crippen LogP contribution < -0.4 is 5.32 Å². The number of benzene rings is 3. The van der Waals surface area contributed by atoms with Gasteiger partial charge in [-0.25, -0.2) is 4.79 Å². The van der Waals surface area contributed by atoms with Crippen molar-refractivity contribution in [3.8, 4) is 0 Å². The zero-order valence-electron chi connectivity index (χ0n) is 22.4. The van der Waals surface area contributed by atoms with E-state index in [9.17, 15) is 19.5 Å². The average Bonchev–Trinajstić information content (AvgIpc) is 2.99. The highest BCUT2D eigenvalue weighted by Crippen LogP contribution is 2.39. The third-order valence-corrected chi connectivity index (χ3v) is 7.83. The second-order valence-electron chi connectivity index (χ2n) is 9.76. The lowest BCUT2D eigenvalue weighted by Crippen LogP contribution is -2.31. The Morgan fingerprint density at radius 1 is 0.829 bits per heavy atom. The Morgan fingerprint density at radius 2 is 1.49 bits per heavy atom. The highest BCUT2D eigenvalue weighted by atomic mass is 32.2. The molecule has 0 spiro atoms. The molecule has 1 fully saturated rings. The van der Waals surface area contributed by atoms with Crippen LogP contribution in [0.4, 0.5) is 0 Å². The van der Waals surface area contributed by atoms with Crippen molar-refractivity contribution < 1.29 is 39.2 Å². The molecule has 216 valence electrons. The van der Waals surface area contributed by atoms with Crippen LogP contribution in [0.1, 0.15) is 70.7 Å². The zero-order chi connectivity index (χ0) is 29.2. The molecular formula is C31H33NO8S. The SMILES string of the molecule is O=C(O)CCCC(=O)NCc1ccc([C@@H]2O[C@H](CSc3ccc(C(=O)O)cc3)C[C@H](c3ccc(CO)cc3)O2)cc1. The summed E-state index contributed by atoms with van der Waals surface area (Å²) in [5, 5.41) is 30.1. The highest BCUT2D eigenvalue weighted by molar-refractivity contribution is 7.99. The van der Waals surface area contributed by atoms with Gasteiger partial charge in [0.05, 0.1) is 24.4 Å². The summed E-state index contributed by atoms with van der Waals surface area (Å²) in [6, 6.07) is 22.0. The quantitative estimate of drug-likeness (QED) is 0.204. The van der Waals surface area contributed by atoms with Crippen molar-refractivity contribution in [2.75, 3.05) is 5.75 Å². The van der Waals surface area contributed by atoms with Crippen LogP contribution >= 0.6 is 11.8 Å². The fourth-order valence-electron chi connectivity index (χ4n) is 4.39. The minimum Gasteiger partial charge on any atom is -0.481 e. The van der Waals surface area contributed by atoms with Crippen molar-refractivity contribution in [1.82, 2.24) is 5.32 Å². The topological polar surface area (TPSA) is 142 Å². The maximum Gasteiger partial charge on any atom is 0.335 e. The number of nitrogens with one attached hydrogen (secondary N) is 1. The standard InChI is InChI=1S/C31H33NO8S/c33-18-21-6-8-22(9-7-21)27-16-25(19-41-26-14-12-23(13-15-26)30(37)38)39-31(40-27)24-10-4-20(5-11-24)17-32-28(34)2-1-3-29(35)36/h4-15,25,27,31,33H,1-3,16-19H2,(H,32,34)(H,35,36)(H,37,38)/t25-,27+,31+/m0/s1. The summed E-state index contributed by atoms with van der Waals surface area (Å²) >= 11 is 1.59. The lowest BCUT2D eigenvalue weighted by molar-refractivity contribution is -0.245. The number of hydrogen-bond acceptors (Lipinski definition) is 7. The maximum absolute atomic E-state index is 12.0. The number of rotatable bonds is 13. The lowest BCUT2D eigenvalue weighted by atomic mass is 10.0. The minimum absolute atomic E-state index is 0.0351. The molecule has 0 saturated carbocycles. The molecule has 10 heteroatoms. The second-order valence-corrected chi connectivity index (χ2v) is 10.8. The molecule has 4 N–H and O–H groups in total. The number of amides is 1. The first-order valence-electron chi connectivity index (χ1n) is 13.3. The van der Waals surface area contributed by atoms with Gasteiger partial charge in [-0.05, 0) is 47.4 Å². The molecule has 3 aromatic carbocycles. The molecule has 0 bridgehead atoms. The number of aliphatic hydroxyl groups is 1. The van der Waals surface area contributed by atoms with Crippen LogP contribution in [0.15, 0.2) is 77.7 Å². The normalized spacial score (nSPS) is 18.5. The number of carboxylic acid groups (broad SMARTS) is 2. The van der Waals surface area contributed by atoms with Gasteiger partial charge in [0.1, 0.15) is 0 Å². The van der Waals surface area contributed by atoms with Crippen LogP contribution in [0.5, 0.6) is 0 Å². The first-order valence-corrected chi connectivity index (χ1v) is 14.3. The number of thioether (sulfide) groups is 1. The van der Waals surface area contributed by atoms with E-state index in [1.165, 1.54) is 0 Å². The molecule has 0 aromatic heterocycles. The first kappa shape index (κ1) is 30.3. The van der Waals surface area contributed by atoms with Gasteiger partial charge in [-0.3, -0.25) is 9.59 Å². The summed E-state index contributed by atoms with van der Waals surface area (Å²) in [5.74, 6) is -1.43. The molecular weight excluding hydrogens is 546 g/mol. The Morgan fingerprint density at radius 3 is 2.12 bits per heavy atom. The Hall–Kier alpha value is -3.70. The van der Waals surface area contributed by atoms with Crippen LogP contribution in [0.3, 0.4) is 0 Å². The number of carboxylic acids is 2. The molecule has 41 heavy (non-hydrogen) atoms. The van der Waals surface area contributed by atoms with Crippen molar-refractivity contribution in [2.45, 2.75) is 62.2 Å². The van der Waals surface area contributed by atoms with Gasteiger partial charge in [-0.2, -0.15) is 0 Å². The van der Waals surface area contributed by atoms with Crippen molar-refractivity contribution in [1.29, 1.82) is 0 Å². The number of hydrogen-bond donors (Lipinski definition) is 4. The Bertz CT molecular complexity index is 1310. The third kappa shape index (κ3) is 9.15. The summed E-state index contributed by atoms with van der Waals surface area (Å²) < 4.78 is 12.7. The fourth-order valence-corrected chi connectivity index (χ4v) is 5.31. The molecule has 0 aliphatic carbocycles. The number of ether oxygens (including phenoxy) is 2. The Labute approximate surface area is 242 Å². The maximum atomic E-state index is 12.0. The van der Waals surface area contributed by atoms with Gasteiger partial charge in [0.15, 0.2) is 6.29 Å². The van der Waals surface area contributed by atoms with Crippen molar-refractivity contribution in [3.05, 3.63) is 101 Å². The Balaban J connectivity index is 1.41. The van der Waals surface area contributed by atoms with Crippen LogP contribution in [0, 0.1) is 0 Å². The van der Waals surface area contributed by atoms with E-state index in [0.717, 1.165) is 27.1 Å². The molecule has 3 aromatic rings. The smallest absolute Gasteiger partial charge is 0.335 e. The molecule has 0 radical (unpaired) electrons. The van der Waals surface area contributed by atoms with Gasteiger partial charge in [-0.15, -0.1) is 11.8 Å². The molecule has 0 unspecified atom stereocenters. The lowest BCUT2D eigenvalue weighted by Gasteiger charge is -2.36. The largest absolute Gasteiger partial charge is 0.481 e. The number of aliphatic carboxylic acids is 1. The van der Waals surface area contributed by atoms with Gasteiger partial charge in [-0.1, -0.05) is 48.5 Å². The predicted molar refractivity (Wildman–Crippen MR) is 152 cm³/mol. The summed E-state index contributed by atoms with van der Waals surface area (Å²) in [5.41, 5.74) is 3.77. The molecule has 1 saturated heterocycles. The number of aromatic carboxylic acids is 1. The third-order valence-electron chi connectivity index (χ3n) is 6.69. The predicted octanol–water partition coefficient (Wildman–Crippen LogP) is 5.09. The summed E-state index contributed by atoms with van der Waals surface area (Å²) in [6.07, 6.45) is 0.0569. The van der Waals surface area contributed by atoms with E-state index in [0.29, 0.717) is 25.1 Å². The molecule has 3 atom stereocenters. The van der Waals surface area contributed by atoms with Crippen molar-refractivity contribution in [3.63, 3.8) is 0 Å². The molecule has 9 nitrogen and oxygen atoms in total. The van der Waals surface area contributed by atoms with Crippen LogP contribution in [0.2, 0.25) is 0 Å². The zero-order valence-corrected chi connectivity index (χ0v) is 23.2. The van der Waals surface area contributed by atoms with E-state index < -0.39 is 18.2 Å². The Kier molecular flexibility index (Phi) is 10.9. The fraction of sp³-hybridized carbons (Fsp3) is 0.323. The van der Waals surface area contributed by atoms with E-state index in [4.69, 9.17) is 19.7 Å². The van der Waals surface area contributed by atoms with Crippen LogP contribution in [-0.4, -0.2) is 45.0 Å². The van der Waals surface area contributed by atoms with Crippen molar-refractivity contribution in [2.24, 2.45) is 0 Å². The van der Waals surface area contributed by atoms with Gasteiger partial charge in [0.25, 0.3) is 0 Å². The molecule has 1 aliphatic heterocycles. The monoisotopic (exact) mass is 579 g/mol. The number of aliphatic hydroxyl groups excluding tert-OH is 1. The summed E-state index contributed by atoms with van der Waals surface area (Å²) in [6.45, 7) is 0.297. The molecule has 1 amide bonds. The number of carbonyl (C=O) groups is 3. The summed E-state index contributed by atoms with van der Waals surface area (Å²) in [4.78, 5) is 34.7. The van der Waals surface area contributed by atoms with Crippen LogP contribution in [-0.2, 0) is 32.2 Å². The molecule has 4 rings (SSSR count). The molecule has 1 heterocycles. The second kappa shape index (κ2) is 14.8. The van der Waals surface area contributed by atoms with Crippen molar-refractivity contribution >= 4 is 29.6 Å². The van der Waals surface area contributed by atoms with Gasteiger partial charge >= 0.3 is 11.9 Å². The number of carbonyl (C=O) groups excluding carboxylic acids is 1. The van der Waals surface area contributed by atoms with Crippen LogP contribution in [0.25, 0.3) is 0 Å². The van der Waals surface area contributed by atoms with Gasteiger partial charge in [0.2, 0.25) is 5.91 Å². The van der Waals surface area contributed by atoms with E-state index in [1.54, 1.807) is 36.0 Å². The highest BCUT2D eigenvalue weighted by Gasteiger charge is 2.32. The van der Waals surface area contributed by atoms with E-state index >= 15 is 0 Å². The van der Waals surface area contributed by atoms with Gasteiger partial charge < -0.3 is 30.1 Å². The van der Waals surface area contributed by atoms with E-state index in [-0.39, 0.29) is 43.1 Å². The minimum atomic E-state index is -0.962. The van der Waals surface area contributed by atoms with E-state index in [2.05, 4.69) is 5.32 Å². The van der Waals surface area contributed by atoms with E-state index in [1.807, 2.05) is 48.5 Å². The van der Waals surface area contributed by atoms with Gasteiger partial charge in [0, 0.05) is 42.0 Å². The first-order chi connectivity index (χ1) is 19.8. The summed E-state index contributed by atoms with van der Waals surface area (Å²) in [7, 11) is 0.